The van der Waals surface area contributed by atoms with Crippen molar-refractivity contribution < 1.29 is 9.53 Å². The van der Waals surface area contributed by atoms with E-state index in [1.165, 1.54) is 0 Å². The van der Waals surface area contributed by atoms with Crippen LogP contribution in [0.3, 0.4) is 0 Å². The molecule has 13 heavy (non-hydrogen) atoms. The molecule has 0 spiro atoms. The molecule has 0 saturated carbocycles. The smallest absolute Gasteiger partial charge is 0.243 e. The summed E-state index contributed by atoms with van der Waals surface area (Å²) in [5.74, 6) is 0.375. The van der Waals surface area contributed by atoms with Crippen LogP contribution < -0.4 is 11.5 Å². The molecule has 0 atom stereocenters. The summed E-state index contributed by atoms with van der Waals surface area (Å²) in [6.07, 6.45) is 0. The highest BCUT2D eigenvalue weighted by molar-refractivity contribution is 5.82. The lowest BCUT2D eigenvalue weighted by atomic mass is 10.2. The van der Waals surface area contributed by atoms with Gasteiger partial charge in [-0.05, 0) is 0 Å². The van der Waals surface area contributed by atoms with Crippen molar-refractivity contribution in [2.75, 3.05) is 19.8 Å². The molecular weight excluding hydrogens is 170 g/mol. The molecule has 5 heteroatoms. The van der Waals surface area contributed by atoms with Crippen molar-refractivity contribution in [3.05, 3.63) is 0 Å². The Morgan fingerprint density at radius 3 is 2.54 bits per heavy atom. The van der Waals surface area contributed by atoms with E-state index in [9.17, 15) is 4.79 Å². The van der Waals surface area contributed by atoms with Crippen LogP contribution in [0.4, 0.5) is 0 Å². The molecular formula is C8H17N3O2. The van der Waals surface area contributed by atoms with Crippen molar-refractivity contribution in [1.29, 1.82) is 0 Å². The van der Waals surface area contributed by atoms with Gasteiger partial charge in [0.25, 0.3) is 0 Å². The third-order valence-electron chi connectivity index (χ3n) is 1.37. The number of amides is 1. The molecule has 4 N–H and O–H groups in total. The van der Waals surface area contributed by atoms with Gasteiger partial charge in [-0.15, -0.1) is 0 Å². The Labute approximate surface area is 78.1 Å². The van der Waals surface area contributed by atoms with Crippen molar-refractivity contribution in [3.8, 4) is 0 Å². The van der Waals surface area contributed by atoms with Gasteiger partial charge in [0.05, 0.1) is 19.0 Å². The lowest BCUT2D eigenvalue weighted by molar-refractivity contribution is -0.122. The molecule has 0 fully saturated rings. The lowest BCUT2D eigenvalue weighted by Gasteiger charge is -2.03. The zero-order valence-electron chi connectivity index (χ0n) is 8.12. The van der Waals surface area contributed by atoms with Crippen LogP contribution in [0.25, 0.3) is 0 Å². The molecule has 76 valence electrons. The van der Waals surface area contributed by atoms with E-state index >= 15 is 0 Å². The Morgan fingerprint density at radius 1 is 1.46 bits per heavy atom. The van der Waals surface area contributed by atoms with Crippen LogP contribution in [0.15, 0.2) is 4.99 Å². The number of hydrogen-bond donors (Lipinski definition) is 2. The van der Waals surface area contributed by atoms with Crippen molar-refractivity contribution in [2.24, 2.45) is 22.4 Å². The number of primary amides is 1. The average molecular weight is 187 g/mol. The van der Waals surface area contributed by atoms with Gasteiger partial charge in [0.1, 0.15) is 6.61 Å². The molecule has 0 heterocycles. The minimum atomic E-state index is -0.471. The van der Waals surface area contributed by atoms with E-state index in [0.29, 0.717) is 19.0 Å². The molecule has 0 aliphatic carbocycles. The standard InChI is InChI=1S/C8H17N3O2/c1-6(2)8(10)11-3-4-13-5-7(9)12/h6H,3-5H2,1-2H3,(H2,9,12)(H2,10,11). The second-order valence-electron chi connectivity index (χ2n) is 2.98. The second kappa shape index (κ2) is 6.42. The first kappa shape index (κ1) is 11.9. The summed E-state index contributed by atoms with van der Waals surface area (Å²) in [6.45, 7) is 4.71. The summed E-state index contributed by atoms with van der Waals surface area (Å²) in [5, 5.41) is 0. The van der Waals surface area contributed by atoms with E-state index < -0.39 is 5.91 Å². The van der Waals surface area contributed by atoms with E-state index in [4.69, 9.17) is 16.2 Å². The lowest BCUT2D eigenvalue weighted by Crippen LogP contribution is -2.21. The summed E-state index contributed by atoms with van der Waals surface area (Å²) in [6, 6.07) is 0. The van der Waals surface area contributed by atoms with Crippen LogP contribution in [-0.4, -0.2) is 31.5 Å². The molecule has 0 aromatic carbocycles. The highest BCUT2D eigenvalue weighted by Gasteiger charge is 1.97. The van der Waals surface area contributed by atoms with Crippen LogP contribution in [-0.2, 0) is 9.53 Å². The zero-order chi connectivity index (χ0) is 10.3. The summed E-state index contributed by atoms with van der Waals surface area (Å²) in [7, 11) is 0. The summed E-state index contributed by atoms with van der Waals surface area (Å²) < 4.78 is 4.89. The minimum Gasteiger partial charge on any atom is -0.387 e. The number of nitrogens with zero attached hydrogens (tertiary/aromatic N) is 1. The average Bonchev–Trinajstić information content (AvgIpc) is 2.02. The number of hydrogen-bond acceptors (Lipinski definition) is 3. The number of amidine groups is 1. The number of ether oxygens (including phenoxy) is 1. The number of nitrogens with two attached hydrogens (primary N) is 2. The predicted octanol–water partition coefficient (Wildman–Crippen LogP) is -0.498. The molecule has 1 amide bonds. The van der Waals surface area contributed by atoms with E-state index in [0.717, 1.165) is 0 Å². The minimum absolute atomic E-state index is 0.0584. The normalized spacial score (nSPS) is 12.1. The number of rotatable bonds is 6. The molecule has 0 aromatic rings. The van der Waals surface area contributed by atoms with Crippen molar-refractivity contribution in [3.63, 3.8) is 0 Å². The molecule has 0 unspecified atom stereocenters. The van der Waals surface area contributed by atoms with Crippen LogP contribution in [0.1, 0.15) is 13.8 Å². The molecule has 0 radical (unpaired) electrons. The summed E-state index contributed by atoms with van der Waals surface area (Å²) in [4.78, 5) is 14.3. The van der Waals surface area contributed by atoms with Crippen molar-refractivity contribution in [2.45, 2.75) is 13.8 Å². The Bertz CT molecular complexity index is 190. The molecule has 0 bridgehead atoms. The van der Waals surface area contributed by atoms with E-state index in [1.54, 1.807) is 0 Å². The van der Waals surface area contributed by atoms with Crippen LogP contribution in [0.2, 0.25) is 0 Å². The highest BCUT2D eigenvalue weighted by Crippen LogP contribution is 1.90. The third kappa shape index (κ3) is 7.27. The molecule has 0 aliphatic heterocycles. The van der Waals surface area contributed by atoms with Crippen LogP contribution in [0, 0.1) is 5.92 Å². The largest absolute Gasteiger partial charge is 0.387 e. The first-order valence-electron chi connectivity index (χ1n) is 4.20. The number of carbonyl (C=O) groups is 1. The quantitative estimate of drug-likeness (QED) is 0.333. The van der Waals surface area contributed by atoms with Gasteiger partial charge in [0.15, 0.2) is 0 Å². The fraction of sp³-hybridized carbons (Fsp3) is 0.750. The number of carbonyl (C=O) groups excluding carboxylic acids is 1. The summed E-state index contributed by atoms with van der Waals surface area (Å²) in [5.41, 5.74) is 10.4. The zero-order valence-corrected chi connectivity index (χ0v) is 8.12. The maximum atomic E-state index is 10.2. The van der Waals surface area contributed by atoms with Crippen LogP contribution in [0.5, 0.6) is 0 Å². The first-order chi connectivity index (χ1) is 6.04. The Kier molecular flexibility index (Phi) is 5.88. The summed E-state index contributed by atoms with van der Waals surface area (Å²) >= 11 is 0. The topological polar surface area (TPSA) is 90.7 Å². The molecule has 0 saturated heterocycles. The predicted molar refractivity (Wildman–Crippen MR) is 51.3 cm³/mol. The molecule has 0 aliphatic rings. The van der Waals surface area contributed by atoms with Gasteiger partial charge >= 0.3 is 0 Å². The third-order valence-corrected chi connectivity index (χ3v) is 1.37. The van der Waals surface area contributed by atoms with Gasteiger partial charge in [0.2, 0.25) is 5.91 Å². The van der Waals surface area contributed by atoms with Gasteiger partial charge in [-0.25, -0.2) is 0 Å². The van der Waals surface area contributed by atoms with Gasteiger partial charge < -0.3 is 16.2 Å². The first-order valence-corrected chi connectivity index (χ1v) is 4.20. The second-order valence-corrected chi connectivity index (χ2v) is 2.98. The highest BCUT2D eigenvalue weighted by atomic mass is 16.5. The maximum absolute atomic E-state index is 10.2. The van der Waals surface area contributed by atoms with Gasteiger partial charge in [-0.2, -0.15) is 0 Å². The van der Waals surface area contributed by atoms with Gasteiger partial charge in [-0.1, -0.05) is 13.8 Å². The molecule has 5 nitrogen and oxygen atoms in total. The maximum Gasteiger partial charge on any atom is 0.243 e. The van der Waals surface area contributed by atoms with E-state index in [2.05, 4.69) is 4.99 Å². The van der Waals surface area contributed by atoms with E-state index in [-0.39, 0.29) is 12.5 Å². The van der Waals surface area contributed by atoms with Crippen molar-refractivity contribution in [1.82, 2.24) is 0 Å². The number of aliphatic imine (C=N–C) groups is 1. The molecule has 0 rings (SSSR count). The SMILES string of the molecule is CC(C)C(N)=NCCOCC(N)=O. The van der Waals surface area contributed by atoms with Crippen LogP contribution >= 0.6 is 0 Å². The Morgan fingerprint density at radius 2 is 2.08 bits per heavy atom. The Hall–Kier alpha value is -1.10. The molecule has 0 aromatic heterocycles. The monoisotopic (exact) mass is 187 g/mol. The fourth-order valence-electron chi connectivity index (χ4n) is 0.595. The van der Waals surface area contributed by atoms with Crippen molar-refractivity contribution >= 4 is 11.7 Å². The van der Waals surface area contributed by atoms with Gasteiger partial charge in [-0.3, -0.25) is 9.79 Å². The van der Waals surface area contributed by atoms with E-state index in [1.807, 2.05) is 13.8 Å². The van der Waals surface area contributed by atoms with Gasteiger partial charge in [0, 0.05) is 5.92 Å². The fourth-order valence-corrected chi connectivity index (χ4v) is 0.595. The Balaban J connectivity index is 3.44.